The third kappa shape index (κ3) is 26.3. The van der Waals surface area contributed by atoms with Crippen LogP contribution in [0.1, 0.15) is 49.9 Å². The van der Waals surface area contributed by atoms with Crippen LogP contribution < -0.4 is 10.4 Å². The van der Waals surface area contributed by atoms with Gasteiger partial charge in [0.15, 0.2) is 0 Å². The number of pyridine rings is 4. The Balaban J connectivity index is 0.000000392. The summed E-state index contributed by atoms with van der Waals surface area (Å²) in [6.07, 6.45) is 10.4. The van der Waals surface area contributed by atoms with Gasteiger partial charge in [-0.15, -0.1) is 108 Å². The molecular weight excluding hydrogens is 1570 g/mol. The topological polar surface area (TPSA) is 146 Å². The molecule has 2 radical (unpaired) electrons. The van der Waals surface area contributed by atoms with Crippen molar-refractivity contribution in [2.45, 2.75) is 99.2 Å². The number of nitrogens with zero attached hydrogens (tertiary/aromatic N) is 4. The van der Waals surface area contributed by atoms with Crippen LogP contribution in [0.2, 0.25) is 39.3 Å². The molecule has 0 aliphatic rings. The second-order valence-corrected chi connectivity index (χ2v) is 35.3. The van der Waals surface area contributed by atoms with Gasteiger partial charge in [-0.25, -0.2) is 0 Å². The van der Waals surface area contributed by atoms with Crippen molar-refractivity contribution in [1.29, 1.82) is 0 Å². The Morgan fingerprint density at radius 3 is 0.989 bits per heavy atom. The number of halogens is 3. The van der Waals surface area contributed by atoms with Gasteiger partial charge in [0.2, 0.25) is 0 Å². The summed E-state index contributed by atoms with van der Waals surface area (Å²) < 4.78 is 57.5. The standard InChI is InChI=1S/2C18H24NSi.C18H15N.C18H14N.CHF3O3S.2CH4O.2Ir/c2*1-14(2)11-16-12-17(15-9-7-6-8-10-15)19-13-18(16)20(3,4)5;2*1-14-13-19-18(16-10-6-3-7-11-16)12-17(14)15-8-4-2-5-9-15;2-1(3,4)8(5,6)7;2*1-2;;/h2*6-9,12-14H,11H2,1-5H3;2-13H,1H3;2-10,12-13H,1H3;(H,5,6,7);2*2H,1H3;;/q2*-1;;-1;;;;;. The van der Waals surface area contributed by atoms with Crippen LogP contribution >= 0.6 is 0 Å². The zero-order valence-corrected chi connectivity index (χ0v) is 62.5. The van der Waals surface area contributed by atoms with E-state index in [1.165, 1.54) is 54.9 Å². The Kier molecular flexibility index (Phi) is 35.1. The molecule has 17 heteroatoms. The number of aliphatic hydroxyl groups is 2. The van der Waals surface area contributed by atoms with Crippen molar-refractivity contribution in [2.24, 2.45) is 11.8 Å². The average molecular weight is 1650 g/mol. The molecule has 3 N–H and O–H groups in total. The fourth-order valence-corrected chi connectivity index (χ4v) is 12.5. The number of alkyl halides is 3. The maximum Gasteiger partial charge on any atom is 0.522 e. The molecule has 0 atom stereocenters. The molecule has 0 amide bonds. The van der Waals surface area contributed by atoms with E-state index in [1.54, 1.807) is 0 Å². The third-order valence-electron chi connectivity index (χ3n) is 13.5. The van der Waals surface area contributed by atoms with E-state index in [1.807, 2.05) is 103 Å². The van der Waals surface area contributed by atoms with E-state index in [9.17, 15) is 13.2 Å². The second kappa shape index (κ2) is 39.7. The Morgan fingerprint density at radius 1 is 0.435 bits per heavy atom. The maximum atomic E-state index is 10.7. The first-order valence-electron chi connectivity index (χ1n) is 29.6. The molecule has 492 valence electrons. The van der Waals surface area contributed by atoms with Gasteiger partial charge in [-0.3, -0.25) is 9.54 Å². The summed E-state index contributed by atoms with van der Waals surface area (Å²) >= 11 is 0. The fraction of sp³-hybridized carbons (Fsp3) is 0.253. The zero-order valence-electron chi connectivity index (χ0n) is 54.9. The molecule has 4 heterocycles. The van der Waals surface area contributed by atoms with Gasteiger partial charge in [-0.1, -0.05) is 187 Å². The number of hydrogen-bond acceptors (Lipinski definition) is 8. The minimum Gasteiger partial charge on any atom is -0.400 e. The van der Waals surface area contributed by atoms with E-state index in [0.29, 0.717) is 11.8 Å². The van der Waals surface area contributed by atoms with Gasteiger partial charge in [-0.2, -0.15) is 21.6 Å². The van der Waals surface area contributed by atoms with E-state index in [4.69, 9.17) is 23.2 Å². The summed E-state index contributed by atoms with van der Waals surface area (Å²) in [6.45, 7) is 27.7. The zero-order chi connectivity index (χ0) is 66.7. The largest absolute Gasteiger partial charge is 0.522 e. The van der Waals surface area contributed by atoms with Gasteiger partial charge in [0, 0.05) is 84.8 Å². The minimum atomic E-state index is -5.84. The van der Waals surface area contributed by atoms with Crippen molar-refractivity contribution in [2.75, 3.05) is 14.2 Å². The number of aryl methyl sites for hydroxylation is 2. The molecule has 0 aliphatic carbocycles. The van der Waals surface area contributed by atoms with Crippen molar-refractivity contribution in [3.8, 4) is 67.3 Å². The number of benzene rings is 6. The maximum absolute atomic E-state index is 10.7. The summed E-state index contributed by atoms with van der Waals surface area (Å²) in [6, 6.07) is 73.8. The van der Waals surface area contributed by atoms with E-state index in [2.05, 4.69) is 228 Å². The smallest absolute Gasteiger partial charge is 0.400 e. The van der Waals surface area contributed by atoms with Crippen molar-refractivity contribution >= 4 is 36.6 Å². The summed E-state index contributed by atoms with van der Waals surface area (Å²) in [4.78, 5) is 18.4. The van der Waals surface area contributed by atoms with Gasteiger partial charge < -0.3 is 25.2 Å². The molecule has 0 unspecified atom stereocenters. The van der Waals surface area contributed by atoms with Crippen LogP contribution in [0.15, 0.2) is 213 Å². The van der Waals surface area contributed by atoms with Crippen LogP contribution in [0.5, 0.6) is 0 Å². The summed E-state index contributed by atoms with van der Waals surface area (Å²) in [7, 11) is -6.52. The molecule has 92 heavy (non-hydrogen) atoms. The average Bonchev–Trinajstić information content (AvgIpc) is 0.890. The third-order valence-corrected chi connectivity index (χ3v) is 18.3. The monoisotopic (exact) mass is 1650 g/mol. The van der Waals surface area contributed by atoms with Crippen molar-refractivity contribution in [1.82, 2.24) is 19.9 Å². The minimum absolute atomic E-state index is 0. The first kappa shape index (κ1) is 81.4. The Morgan fingerprint density at radius 2 is 0.707 bits per heavy atom. The number of aliphatic hydroxyl groups excluding tert-OH is 2. The Labute approximate surface area is 574 Å². The number of rotatable bonds is 12. The molecule has 0 fully saturated rings. The molecular formula is C75H86F3Ir2N4O5SSi2-3. The SMILES string of the molecule is CC(C)Cc1cc(-c2[c-]cccc2)ncc1[Si](C)(C)C.CC(C)Cc1cc(-c2[c-]cccc2)ncc1[Si](C)(C)C.CO.CO.Cc1cnc(-c2[c-]cccc2)cc1-c1ccccc1.Cc1cnc(-c2ccccc2)cc1-c1ccccc1.O=S(=O)(O)C(F)(F)F.[Ir].[Ir]. The van der Waals surface area contributed by atoms with Gasteiger partial charge in [0.1, 0.15) is 0 Å². The van der Waals surface area contributed by atoms with Crippen LogP contribution in [0, 0.1) is 43.9 Å². The first-order valence-corrected chi connectivity index (χ1v) is 38.1. The molecule has 4 aromatic heterocycles. The summed E-state index contributed by atoms with van der Waals surface area (Å²) in [5.41, 5.74) is 13.1. The molecule has 0 spiro atoms. The Hall–Kier alpha value is -6.73. The van der Waals surface area contributed by atoms with Crippen LogP contribution in [0.4, 0.5) is 13.2 Å². The van der Waals surface area contributed by atoms with Crippen LogP contribution in [-0.2, 0) is 63.2 Å². The van der Waals surface area contributed by atoms with E-state index in [0.717, 1.165) is 72.1 Å². The number of aromatic nitrogens is 4. The van der Waals surface area contributed by atoms with Crippen LogP contribution in [-0.4, -0.2) is 79.0 Å². The molecule has 0 bridgehead atoms. The molecule has 10 rings (SSSR count). The number of hydrogen-bond donors (Lipinski definition) is 3. The molecule has 0 saturated heterocycles. The molecule has 9 nitrogen and oxygen atoms in total. The van der Waals surface area contributed by atoms with E-state index < -0.39 is 31.8 Å². The normalized spacial score (nSPS) is 10.8. The van der Waals surface area contributed by atoms with Crippen molar-refractivity contribution in [3.63, 3.8) is 0 Å². The fourth-order valence-electron chi connectivity index (χ4n) is 9.33. The summed E-state index contributed by atoms with van der Waals surface area (Å²) in [5, 5.41) is 17.0. The summed E-state index contributed by atoms with van der Waals surface area (Å²) in [5.74, 6) is 1.33. The van der Waals surface area contributed by atoms with Crippen LogP contribution in [0.3, 0.4) is 0 Å². The molecule has 10 aromatic rings. The second-order valence-electron chi connectivity index (χ2n) is 23.8. The molecule has 6 aromatic carbocycles. The van der Waals surface area contributed by atoms with Crippen molar-refractivity contribution in [3.05, 3.63) is 253 Å². The predicted molar refractivity (Wildman–Crippen MR) is 372 cm³/mol. The molecule has 0 saturated carbocycles. The van der Waals surface area contributed by atoms with Gasteiger partial charge >= 0.3 is 15.6 Å². The quantitative estimate of drug-likeness (QED) is 0.0471. The first-order chi connectivity index (χ1) is 42.7. The van der Waals surface area contributed by atoms with E-state index in [-0.39, 0.29) is 40.2 Å². The van der Waals surface area contributed by atoms with Gasteiger partial charge in [0.05, 0.1) is 21.8 Å². The van der Waals surface area contributed by atoms with Crippen molar-refractivity contribution < 1.29 is 76.6 Å². The van der Waals surface area contributed by atoms with E-state index >= 15 is 0 Å². The predicted octanol–water partition coefficient (Wildman–Crippen LogP) is 17.4. The van der Waals surface area contributed by atoms with Crippen LogP contribution in [0.25, 0.3) is 67.3 Å². The molecule has 0 aliphatic heterocycles. The van der Waals surface area contributed by atoms with Gasteiger partial charge in [0.25, 0.3) is 0 Å². The Bertz CT molecular complexity index is 3600. The van der Waals surface area contributed by atoms with Gasteiger partial charge in [-0.05, 0) is 105 Å².